The minimum atomic E-state index is -0.0482. The lowest BCUT2D eigenvalue weighted by Gasteiger charge is -2.14. The Morgan fingerprint density at radius 1 is 0.800 bits per heavy atom. The van der Waals surface area contributed by atoms with E-state index in [-0.39, 0.29) is 11.5 Å². The first-order valence-corrected chi connectivity index (χ1v) is 7.27. The van der Waals surface area contributed by atoms with Crippen LogP contribution in [0.4, 0.5) is 0 Å². The van der Waals surface area contributed by atoms with Crippen LogP contribution in [0, 0.1) is 0 Å². The van der Waals surface area contributed by atoms with Crippen molar-refractivity contribution < 1.29 is 10.2 Å². The highest BCUT2D eigenvalue weighted by atomic mass is 16.3. The van der Waals surface area contributed by atoms with Gasteiger partial charge in [-0.15, -0.1) is 0 Å². The van der Waals surface area contributed by atoms with Crippen LogP contribution in [0.15, 0.2) is 30.3 Å². The van der Waals surface area contributed by atoms with Gasteiger partial charge >= 0.3 is 0 Å². The molecule has 0 heterocycles. The molecule has 0 fully saturated rings. The van der Waals surface area contributed by atoms with Gasteiger partial charge in [0.25, 0.3) is 0 Å². The van der Waals surface area contributed by atoms with E-state index < -0.39 is 0 Å². The molecular formula is C18H22O2. The summed E-state index contributed by atoms with van der Waals surface area (Å²) in [6.07, 6.45) is 2.67. The van der Waals surface area contributed by atoms with Gasteiger partial charge < -0.3 is 10.2 Å². The van der Waals surface area contributed by atoms with Crippen LogP contribution in [0.25, 0.3) is 11.1 Å². The summed E-state index contributed by atoms with van der Waals surface area (Å²) < 4.78 is 0. The van der Waals surface area contributed by atoms with Crippen LogP contribution >= 0.6 is 0 Å². The van der Waals surface area contributed by atoms with Crippen molar-refractivity contribution in [2.75, 3.05) is 0 Å². The Balaban J connectivity index is 2.64. The van der Waals surface area contributed by atoms with Gasteiger partial charge in [0.05, 0.1) is 0 Å². The molecule has 0 amide bonds. The third-order valence-electron chi connectivity index (χ3n) is 3.80. The fourth-order valence-electron chi connectivity index (χ4n) is 2.58. The second kappa shape index (κ2) is 6.00. The maximum atomic E-state index is 10.0. The SMILES string of the molecule is CCc1cc(CC)cc(-c2ccc(O)c(O)c2CC)c1. The van der Waals surface area contributed by atoms with E-state index in [0.717, 1.165) is 29.5 Å². The van der Waals surface area contributed by atoms with E-state index in [1.54, 1.807) is 6.07 Å². The molecule has 106 valence electrons. The summed E-state index contributed by atoms with van der Waals surface area (Å²) in [6.45, 7) is 6.28. The molecule has 20 heavy (non-hydrogen) atoms. The topological polar surface area (TPSA) is 40.5 Å². The predicted molar refractivity (Wildman–Crippen MR) is 83.3 cm³/mol. The number of aromatic hydroxyl groups is 2. The number of hydrogen-bond acceptors (Lipinski definition) is 2. The van der Waals surface area contributed by atoms with Crippen LogP contribution in [0.2, 0.25) is 0 Å². The highest BCUT2D eigenvalue weighted by Gasteiger charge is 2.13. The molecule has 0 aromatic heterocycles. The van der Waals surface area contributed by atoms with E-state index in [1.165, 1.54) is 11.1 Å². The zero-order valence-corrected chi connectivity index (χ0v) is 12.4. The Bertz CT molecular complexity index is 593. The highest BCUT2D eigenvalue weighted by Crippen LogP contribution is 2.37. The summed E-state index contributed by atoms with van der Waals surface area (Å²) in [4.78, 5) is 0. The molecule has 2 nitrogen and oxygen atoms in total. The van der Waals surface area contributed by atoms with Gasteiger partial charge in [-0.25, -0.2) is 0 Å². The summed E-state index contributed by atoms with van der Waals surface area (Å²) in [5, 5.41) is 19.7. The predicted octanol–water partition coefficient (Wildman–Crippen LogP) is 4.45. The molecule has 0 aliphatic heterocycles. The van der Waals surface area contributed by atoms with Crippen LogP contribution in [0.1, 0.15) is 37.5 Å². The zero-order chi connectivity index (χ0) is 14.7. The standard InChI is InChI=1S/C18H22O2/c1-4-12-9-13(5-2)11-14(10-12)16-7-8-17(19)18(20)15(16)6-3/h7-11,19-20H,4-6H2,1-3H3. The second-order valence-corrected chi connectivity index (χ2v) is 5.06. The number of rotatable bonds is 4. The van der Waals surface area contributed by atoms with Gasteiger partial charge in [0.15, 0.2) is 11.5 Å². The summed E-state index contributed by atoms with van der Waals surface area (Å²) in [7, 11) is 0. The van der Waals surface area contributed by atoms with Gasteiger partial charge in [-0.2, -0.15) is 0 Å². The van der Waals surface area contributed by atoms with Gasteiger partial charge in [-0.05, 0) is 47.6 Å². The largest absolute Gasteiger partial charge is 0.504 e. The Labute approximate surface area is 120 Å². The molecular weight excluding hydrogens is 248 g/mol. The van der Waals surface area contributed by atoms with Crippen molar-refractivity contribution in [3.8, 4) is 22.6 Å². The molecule has 2 N–H and O–H groups in total. The van der Waals surface area contributed by atoms with Crippen LogP contribution < -0.4 is 0 Å². The first kappa shape index (κ1) is 14.4. The van der Waals surface area contributed by atoms with Crippen LogP contribution in [-0.2, 0) is 19.3 Å². The Hall–Kier alpha value is -1.96. The van der Waals surface area contributed by atoms with Gasteiger partial charge in [0.1, 0.15) is 0 Å². The number of aryl methyl sites for hydroxylation is 2. The Morgan fingerprint density at radius 2 is 1.40 bits per heavy atom. The smallest absolute Gasteiger partial charge is 0.161 e. The maximum Gasteiger partial charge on any atom is 0.161 e. The Morgan fingerprint density at radius 3 is 1.90 bits per heavy atom. The van der Waals surface area contributed by atoms with Crippen molar-refractivity contribution in [3.05, 3.63) is 47.0 Å². The zero-order valence-electron chi connectivity index (χ0n) is 12.4. The first-order chi connectivity index (χ1) is 9.60. The fourth-order valence-corrected chi connectivity index (χ4v) is 2.58. The van der Waals surface area contributed by atoms with E-state index in [0.29, 0.717) is 6.42 Å². The molecule has 0 saturated carbocycles. The molecule has 2 rings (SSSR count). The number of phenolic OH excluding ortho intramolecular Hbond substituents is 2. The van der Waals surface area contributed by atoms with Crippen LogP contribution in [-0.4, -0.2) is 10.2 Å². The first-order valence-electron chi connectivity index (χ1n) is 7.27. The van der Waals surface area contributed by atoms with E-state index >= 15 is 0 Å². The molecule has 2 aromatic rings. The highest BCUT2D eigenvalue weighted by molar-refractivity contribution is 5.73. The molecule has 2 aromatic carbocycles. The van der Waals surface area contributed by atoms with Crippen molar-refractivity contribution in [2.45, 2.75) is 40.0 Å². The van der Waals surface area contributed by atoms with Crippen molar-refractivity contribution in [1.29, 1.82) is 0 Å². The second-order valence-electron chi connectivity index (χ2n) is 5.06. The lowest BCUT2D eigenvalue weighted by atomic mass is 9.93. The lowest BCUT2D eigenvalue weighted by molar-refractivity contribution is 0.400. The minimum Gasteiger partial charge on any atom is -0.504 e. The lowest BCUT2D eigenvalue weighted by Crippen LogP contribution is -1.93. The van der Waals surface area contributed by atoms with Gasteiger partial charge in [0.2, 0.25) is 0 Å². The van der Waals surface area contributed by atoms with Crippen molar-refractivity contribution >= 4 is 0 Å². The third kappa shape index (κ3) is 2.64. The number of phenols is 2. The van der Waals surface area contributed by atoms with Gasteiger partial charge in [-0.1, -0.05) is 45.0 Å². The molecule has 0 aliphatic carbocycles. The molecule has 0 aliphatic rings. The van der Waals surface area contributed by atoms with Crippen LogP contribution in [0.5, 0.6) is 11.5 Å². The van der Waals surface area contributed by atoms with Gasteiger partial charge in [0, 0.05) is 5.56 Å². The van der Waals surface area contributed by atoms with E-state index in [1.807, 2.05) is 13.0 Å². The summed E-state index contributed by atoms with van der Waals surface area (Å²) in [5.74, 6) is -0.0436. The third-order valence-corrected chi connectivity index (χ3v) is 3.80. The van der Waals surface area contributed by atoms with E-state index in [4.69, 9.17) is 0 Å². The normalized spacial score (nSPS) is 10.8. The van der Waals surface area contributed by atoms with E-state index in [2.05, 4.69) is 32.0 Å². The van der Waals surface area contributed by atoms with Gasteiger partial charge in [-0.3, -0.25) is 0 Å². The summed E-state index contributed by atoms with van der Waals surface area (Å²) in [5.41, 5.74) is 5.53. The van der Waals surface area contributed by atoms with E-state index in [9.17, 15) is 10.2 Å². The molecule has 0 unspecified atom stereocenters. The average Bonchev–Trinajstić information content (AvgIpc) is 2.49. The molecule has 2 heteroatoms. The maximum absolute atomic E-state index is 10.0. The monoisotopic (exact) mass is 270 g/mol. The van der Waals surface area contributed by atoms with Crippen molar-refractivity contribution in [2.24, 2.45) is 0 Å². The molecule has 0 atom stereocenters. The molecule has 0 saturated heterocycles. The number of benzene rings is 2. The molecule has 0 radical (unpaired) electrons. The van der Waals surface area contributed by atoms with Crippen LogP contribution in [0.3, 0.4) is 0 Å². The minimum absolute atomic E-state index is 0.00458. The summed E-state index contributed by atoms with van der Waals surface area (Å²) in [6, 6.07) is 10.0. The molecule has 0 bridgehead atoms. The Kier molecular flexibility index (Phi) is 4.33. The quantitative estimate of drug-likeness (QED) is 0.806. The van der Waals surface area contributed by atoms with Crippen molar-refractivity contribution in [3.63, 3.8) is 0 Å². The average molecular weight is 270 g/mol. The number of hydrogen-bond donors (Lipinski definition) is 2. The van der Waals surface area contributed by atoms with Crippen molar-refractivity contribution in [1.82, 2.24) is 0 Å². The fraction of sp³-hybridized carbons (Fsp3) is 0.333. The molecule has 0 spiro atoms. The summed E-state index contributed by atoms with van der Waals surface area (Å²) >= 11 is 0.